The smallest absolute Gasteiger partial charge is 0.261 e. The third-order valence-corrected chi connectivity index (χ3v) is 3.53. The van der Waals surface area contributed by atoms with Crippen LogP contribution >= 0.6 is 28.1 Å². The van der Waals surface area contributed by atoms with Gasteiger partial charge in [0.1, 0.15) is 5.75 Å². The number of hydrogen-bond acceptors (Lipinski definition) is 3. The number of ether oxygens (including phenoxy) is 1. The number of methoxy groups -OCH3 is 1. The lowest BCUT2D eigenvalue weighted by atomic mass is 10.2. The van der Waals surface area contributed by atoms with Crippen LogP contribution in [0.15, 0.2) is 22.7 Å². The molecule has 0 aliphatic carbocycles. The molecule has 0 spiro atoms. The van der Waals surface area contributed by atoms with Gasteiger partial charge in [-0.3, -0.25) is 10.1 Å². The lowest BCUT2D eigenvalue weighted by Gasteiger charge is -2.22. The van der Waals surface area contributed by atoms with Crippen LogP contribution in [0.5, 0.6) is 5.75 Å². The van der Waals surface area contributed by atoms with Gasteiger partial charge in [0.05, 0.1) is 12.7 Å². The minimum atomic E-state index is -0.268. The normalized spacial score (nSPS) is 9.89. The molecule has 0 fully saturated rings. The Balaban J connectivity index is 2.89. The van der Waals surface area contributed by atoms with Gasteiger partial charge < -0.3 is 9.64 Å². The molecule has 4 nitrogen and oxygen atoms in total. The highest BCUT2D eigenvalue weighted by atomic mass is 79.9. The molecular weight excluding hydrogens is 328 g/mol. The predicted octanol–water partition coefficient (Wildman–Crippen LogP) is 2.81. The highest BCUT2D eigenvalue weighted by Crippen LogP contribution is 2.22. The summed E-state index contributed by atoms with van der Waals surface area (Å²) in [5, 5.41) is 3.15. The minimum absolute atomic E-state index is 0.268. The van der Waals surface area contributed by atoms with Gasteiger partial charge in [0.25, 0.3) is 5.91 Å². The summed E-state index contributed by atoms with van der Waals surface area (Å²) in [7, 11) is 1.53. The van der Waals surface area contributed by atoms with Gasteiger partial charge >= 0.3 is 0 Å². The van der Waals surface area contributed by atoms with E-state index in [4.69, 9.17) is 17.0 Å². The quantitative estimate of drug-likeness (QED) is 0.852. The van der Waals surface area contributed by atoms with Crippen molar-refractivity contribution in [1.29, 1.82) is 0 Å². The Labute approximate surface area is 127 Å². The second-order valence-corrected chi connectivity index (χ2v) is 5.08. The molecule has 0 saturated heterocycles. The SMILES string of the molecule is CCN(CC)C(=S)NC(=O)c1cc(Br)ccc1OC. The van der Waals surface area contributed by atoms with Crippen LogP contribution < -0.4 is 10.1 Å². The molecule has 6 heteroatoms. The Morgan fingerprint density at radius 1 is 1.42 bits per heavy atom. The van der Waals surface area contributed by atoms with E-state index < -0.39 is 0 Å². The monoisotopic (exact) mass is 344 g/mol. The number of amides is 1. The molecule has 0 bridgehead atoms. The van der Waals surface area contributed by atoms with E-state index in [1.54, 1.807) is 12.1 Å². The summed E-state index contributed by atoms with van der Waals surface area (Å²) >= 11 is 8.54. The van der Waals surface area contributed by atoms with Crippen molar-refractivity contribution in [3.05, 3.63) is 28.2 Å². The van der Waals surface area contributed by atoms with E-state index in [2.05, 4.69) is 21.2 Å². The largest absolute Gasteiger partial charge is 0.496 e. The maximum absolute atomic E-state index is 12.2. The summed E-state index contributed by atoms with van der Waals surface area (Å²) < 4.78 is 5.99. The predicted molar refractivity (Wildman–Crippen MR) is 83.7 cm³/mol. The number of nitrogens with zero attached hydrogens (tertiary/aromatic N) is 1. The summed E-state index contributed by atoms with van der Waals surface area (Å²) in [4.78, 5) is 14.1. The van der Waals surface area contributed by atoms with Crippen LogP contribution in [0.1, 0.15) is 24.2 Å². The van der Waals surface area contributed by atoms with Gasteiger partial charge in [-0.05, 0) is 44.3 Å². The van der Waals surface area contributed by atoms with Crippen LogP contribution in [0, 0.1) is 0 Å². The van der Waals surface area contributed by atoms with Crippen molar-refractivity contribution in [3.8, 4) is 5.75 Å². The molecule has 0 aliphatic heterocycles. The van der Waals surface area contributed by atoms with E-state index in [0.717, 1.165) is 17.6 Å². The lowest BCUT2D eigenvalue weighted by Crippen LogP contribution is -2.42. The lowest BCUT2D eigenvalue weighted by molar-refractivity contribution is 0.0970. The van der Waals surface area contributed by atoms with Crippen LogP contribution in [0.4, 0.5) is 0 Å². The average Bonchev–Trinajstić information content (AvgIpc) is 2.40. The van der Waals surface area contributed by atoms with Crippen molar-refractivity contribution >= 4 is 39.2 Å². The number of carbonyl (C=O) groups excluding carboxylic acids is 1. The highest BCUT2D eigenvalue weighted by molar-refractivity contribution is 9.10. The third-order valence-electron chi connectivity index (χ3n) is 2.68. The van der Waals surface area contributed by atoms with Gasteiger partial charge in [0, 0.05) is 17.6 Å². The van der Waals surface area contributed by atoms with Crippen LogP contribution in [-0.4, -0.2) is 36.1 Å². The molecule has 1 amide bonds. The fraction of sp³-hybridized carbons (Fsp3) is 0.385. The summed E-state index contributed by atoms with van der Waals surface area (Å²) in [6, 6.07) is 5.26. The molecule has 0 radical (unpaired) electrons. The number of carbonyl (C=O) groups is 1. The van der Waals surface area contributed by atoms with Crippen molar-refractivity contribution in [2.45, 2.75) is 13.8 Å². The topological polar surface area (TPSA) is 41.6 Å². The Morgan fingerprint density at radius 2 is 2.05 bits per heavy atom. The van der Waals surface area contributed by atoms with Crippen LogP contribution in [0.3, 0.4) is 0 Å². The second kappa shape index (κ2) is 7.45. The first-order valence-corrected chi connectivity index (χ1v) is 7.17. The summed E-state index contributed by atoms with van der Waals surface area (Å²) in [5.41, 5.74) is 0.450. The first kappa shape index (κ1) is 15.9. The van der Waals surface area contributed by atoms with Crippen molar-refractivity contribution in [1.82, 2.24) is 10.2 Å². The molecule has 1 N–H and O–H groups in total. The van der Waals surface area contributed by atoms with Crippen LogP contribution in [0.2, 0.25) is 0 Å². The summed E-state index contributed by atoms with van der Waals surface area (Å²) in [5.74, 6) is 0.248. The molecular formula is C13H17BrN2O2S. The van der Waals surface area contributed by atoms with E-state index >= 15 is 0 Å². The van der Waals surface area contributed by atoms with E-state index in [1.807, 2.05) is 24.8 Å². The van der Waals surface area contributed by atoms with Crippen molar-refractivity contribution < 1.29 is 9.53 Å². The maximum atomic E-state index is 12.2. The third kappa shape index (κ3) is 4.18. The van der Waals surface area contributed by atoms with Gasteiger partial charge in [-0.2, -0.15) is 0 Å². The number of benzene rings is 1. The highest BCUT2D eigenvalue weighted by Gasteiger charge is 2.15. The van der Waals surface area contributed by atoms with Crippen molar-refractivity contribution in [3.63, 3.8) is 0 Å². The minimum Gasteiger partial charge on any atom is -0.496 e. The number of thiocarbonyl (C=S) groups is 1. The van der Waals surface area contributed by atoms with Gasteiger partial charge in [0.2, 0.25) is 0 Å². The fourth-order valence-electron chi connectivity index (χ4n) is 1.61. The van der Waals surface area contributed by atoms with Gasteiger partial charge in [0.15, 0.2) is 5.11 Å². The molecule has 104 valence electrons. The molecule has 0 aliphatic rings. The van der Waals surface area contributed by atoms with E-state index in [1.165, 1.54) is 7.11 Å². The first-order chi connectivity index (χ1) is 9.03. The molecule has 0 atom stereocenters. The fourth-order valence-corrected chi connectivity index (χ4v) is 2.32. The van der Waals surface area contributed by atoms with E-state index in [9.17, 15) is 4.79 Å². The molecule has 0 saturated carbocycles. The number of rotatable bonds is 4. The molecule has 1 aromatic carbocycles. The van der Waals surface area contributed by atoms with Gasteiger partial charge in [-0.25, -0.2) is 0 Å². The number of halogens is 1. The van der Waals surface area contributed by atoms with Crippen LogP contribution in [-0.2, 0) is 0 Å². The zero-order valence-electron chi connectivity index (χ0n) is 11.2. The first-order valence-electron chi connectivity index (χ1n) is 5.97. The molecule has 19 heavy (non-hydrogen) atoms. The van der Waals surface area contributed by atoms with Gasteiger partial charge in [-0.1, -0.05) is 15.9 Å². The van der Waals surface area contributed by atoms with Crippen LogP contribution in [0.25, 0.3) is 0 Å². The zero-order valence-corrected chi connectivity index (χ0v) is 13.6. The summed E-state index contributed by atoms with van der Waals surface area (Å²) in [6.45, 7) is 5.49. The Kier molecular flexibility index (Phi) is 6.24. The zero-order chi connectivity index (χ0) is 14.4. The van der Waals surface area contributed by atoms with E-state index in [0.29, 0.717) is 16.4 Å². The molecule has 1 rings (SSSR count). The Hall–Kier alpha value is -1.14. The van der Waals surface area contributed by atoms with E-state index in [-0.39, 0.29) is 5.91 Å². The number of nitrogens with one attached hydrogen (secondary N) is 1. The molecule has 0 aromatic heterocycles. The standard InChI is InChI=1S/C13H17BrN2O2S/c1-4-16(5-2)13(19)15-12(17)10-8-9(14)6-7-11(10)18-3/h6-8H,4-5H2,1-3H3,(H,15,17,19). The second-order valence-electron chi connectivity index (χ2n) is 3.78. The average molecular weight is 345 g/mol. The van der Waals surface area contributed by atoms with Crippen molar-refractivity contribution in [2.24, 2.45) is 0 Å². The molecule has 0 heterocycles. The maximum Gasteiger partial charge on any atom is 0.261 e. The van der Waals surface area contributed by atoms with Gasteiger partial charge in [-0.15, -0.1) is 0 Å². The van der Waals surface area contributed by atoms with Crippen molar-refractivity contribution in [2.75, 3.05) is 20.2 Å². The Morgan fingerprint density at radius 3 is 2.58 bits per heavy atom. The molecule has 0 unspecified atom stereocenters. The summed E-state index contributed by atoms with van der Waals surface area (Å²) in [6.07, 6.45) is 0. The number of hydrogen-bond donors (Lipinski definition) is 1. The molecule has 1 aromatic rings. The Bertz CT molecular complexity index is 476.